The summed E-state index contributed by atoms with van der Waals surface area (Å²) in [5.74, 6) is 0. The molecule has 1 aromatic heterocycles. The molecule has 0 saturated heterocycles. The van der Waals surface area contributed by atoms with Crippen LogP contribution in [0.25, 0.3) is 43.4 Å². The molecule has 0 saturated carbocycles. The van der Waals surface area contributed by atoms with Crippen LogP contribution in [-0.4, -0.2) is 4.09 Å². The van der Waals surface area contributed by atoms with Crippen molar-refractivity contribution in [2.75, 3.05) is 0 Å². The molecule has 104 valence electrons. The van der Waals surface area contributed by atoms with Crippen molar-refractivity contribution in [2.24, 2.45) is 0 Å². The first kappa shape index (κ1) is 12.1. The largest absolute Gasteiger partial charge is 0.252 e. The molecule has 5 rings (SSSR count). The van der Waals surface area contributed by atoms with Crippen molar-refractivity contribution in [1.82, 2.24) is 4.09 Å². The van der Waals surface area contributed by atoms with Crippen LogP contribution in [-0.2, 0) is 0 Å². The summed E-state index contributed by atoms with van der Waals surface area (Å²) in [6.45, 7) is 0. The second kappa shape index (κ2) is 4.25. The molecule has 0 bridgehead atoms. The maximum atomic E-state index is 6.61. The summed E-state index contributed by atoms with van der Waals surface area (Å²) >= 11 is 6.61. The first-order valence-electron chi connectivity index (χ1n) is 7.33. The van der Waals surface area contributed by atoms with Gasteiger partial charge in [0, 0.05) is 22.5 Å². The summed E-state index contributed by atoms with van der Waals surface area (Å²) < 4.78 is 1.78. The Morgan fingerprint density at radius 3 is 1.32 bits per heavy atom. The average molecular weight is 302 g/mol. The molecule has 4 aromatic carbocycles. The second-order valence-electron chi connectivity index (χ2n) is 5.71. The van der Waals surface area contributed by atoms with Crippen molar-refractivity contribution in [3.63, 3.8) is 0 Å². The van der Waals surface area contributed by atoms with Crippen molar-refractivity contribution >= 4 is 55.1 Å². The predicted molar refractivity (Wildman–Crippen MR) is 95.7 cm³/mol. The molecule has 0 aliphatic carbocycles. The van der Waals surface area contributed by atoms with Crippen molar-refractivity contribution < 1.29 is 0 Å². The van der Waals surface area contributed by atoms with E-state index in [-0.39, 0.29) is 0 Å². The number of halogens is 1. The standard InChI is InChI=1S/C20H12ClN/c21-22-19-11-15-7-3-1-5-13(15)9-17(19)18-10-14-6-2-4-8-16(14)12-20(18)22/h1-12H. The van der Waals surface area contributed by atoms with E-state index in [1.165, 1.54) is 32.3 Å². The lowest BCUT2D eigenvalue weighted by Crippen LogP contribution is -1.80. The molecular formula is C20H12ClN. The van der Waals surface area contributed by atoms with Gasteiger partial charge >= 0.3 is 0 Å². The third-order valence-corrected chi connectivity index (χ3v) is 4.81. The second-order valence-corrected chi connectivity index (χ2v) is 6.05. The third kappa shape index (κ3) is 1.54. The lowest BCUT2D eigenvalue weighted by Gasteiger charge is -1.99. The molecule has 1 nitrogen and oxygen atoms in total. The maximum absolute atomic E-state index is 6.61. The minimum Gasteiger partial charge on any atom is -0.252 e. The van der Waals surface area contributed by atoms with Gasteiger partial charge in [0.2, 0.25) is 0 Å². The predicted octanol–water partition coefficient (Wildman–Crippen LogP) is 6.10. The molecule has 0 spiro atoms. The van der Waals surface area contributed by atoms with E-state index in [1.54, 1.807) is 4.09 Å². The molecule has 22 heavy (non-hydrogen) atoms. The smallest absolute Gasteiger partial charge is 0.0667 e. The molecular weight excluding hydrogens is 290 g/mol. The van der Waals surface area contributed by atoms with Crippen molar-refractivity contribution in [1.29, 1.82) is 0 Å². The Balaban J connectivity index is 2.05. The molecule has 2 heteroatoms. The summed E-state index contributed by atoms with van der Waals surface area (Å²) in [7, 11) is 0. The first-order chi connectivity index (χ1) is 10.8. The van der Waals surface area contributed by atoms with Crippen LogP contribution < -0.4 is 0 Å². The van der Waals surface area contributed by atoms with Crippen LogP contribution in [0.4, 0.5) is 0 Å². The van der Waals surface area contributed by atoms with Gasteiger partial charge in [-0.25, -0.2) is 0 Å². The van der Waals surface area contributed by atoms with Gasteiger partial charge in [-0.15, -0.1) is 0 Å². The van der Waals surface area contributed by atoms with Gasteiger partial charge < -0.3 is 0 Å². The zero-order valence-corrected chi connectivity index (χ0v) is 12.5. The molecule has 0 N–H and O–H groups in total. The van der Waals surface area contributed by atoms with Crippen molar-refractivity contribution in [2.45, 2.75) is 0 Å². The Morgan fingerprint density at radius 2 is 0.909 bits per heavy atom. The Bertz CT molecular complexity index is 1090. The van der Waals surface area contributed by atoms with E-state index in [0.717, 1.165) is 11.0 Å². The molecule has 0 fully saturated rings. The average Bonchev–Trinajstić information content (AvgIpc) is 2.83. The lowest BCUT2D eigenvalue weighted by atomic mass is 10.0. The summed E-state index contributed by atoms with van der Waals surface area (Å²) in [6, 6.07) is 25.6. The van der Waals surface area contributed by atoms with Crippen molar-refractivity contribution in [3.8, 4) is 0 Å². The van der Waals surface area contributed by atoms with E-state index in [2.05, 4.69) is 72.8 Å². The highest BCUT2D eigenvalue weighted by Crippen LogP contribution is 2.35. The van der Waals surface area contributed by atoms with Gasteiger partial charge in [-0.2, -0.15) is 0 Å². The molecule has 0 atom stereocenters. The van der Waals surface area contributed by atoms with E-state index < -0.39 is 0 Å². The number of aromatic nitrogens is 1. The molecule has 5 aromatic rings. The summed E-state index contributed by atoms with van der Waals surface area (Å²) in [5, 5.41) is 7.32. The molecule has 0 unspecified atom stereocenters. The molecule has 1 heterocycles. The Kier molecular flexibility index (Phi) is 2.33. The number of nitrogens with zero attached hydrogens (tertiary/aromatic N) is 1. The number of benzene rings is 4. The highest BCUT2D eigenvalue weighted by molar-refractivity contribution is 6.28. The minimum atomic E-state index is 1.06. The Morgan fingerprint density at radius 1 is 0.545 bits per heavy atom. The van der Waals surface area contributed by atoms with Gasteiger partial charge in [0.25, 0.3) is 0 Å². The minimum absolute atomic E-state index is 1.06. The van der Waals surface area contributed by atoms with Gasteiger partial charge in [0.15, 0.2) is 0 Å². The van der Waals surface area contributed by atoms with E-state index >= 15 is 0 Å². The zero-order valence-electron chi connectivity index (χ0n) is 11.8. The highest BCUT2D eigenvalue weighted by atomic mass is 35.5. The first-order valence-corrected chi connectivity index (χ1v) is 7.67. The number of hydrogen-bond donors (Lipinski definition) is 0. The Hall–Kier alpha value is -2.51. The van der Waals surface area contributed by atoms with Gasteiger partial charge in [-0.05, 0) is 45.8 Å². The molecule has 0 amide bonds. The van der Waals surface area contributed by atoms with E-state index in [9.17, 15) is 0 Å². The van der Waals surface area contributed by atoms with Crippen LogP contribution in [0.2, 0.25) is 0 Å². The fourth-order valence-electron chi connectivity index (χ4n) is 3.34. The van der Waals surface area contributed by atoms with Crippen LogP contribution in [0.15, 0.2) is 72.8 Å². The summed E-state index contributed by atoms with van der Waals surface area (Å²) in [6.07, 6.45) is 0. The van der Waals surface area contributed by atoms with Gasteiger partial charge in [-0.1, -0.05) is 48.5 Å². The molecule has 0 radical (unpaired) electrons. The number of fused-ring (bicyclic) bond motifs is 5. The van der Waals surface area contributed by atoms with Crippen LogP contribution in [0.1, 0.15) is 0 Å². The van der Waals surface area contributed by atoms with E-state index in [0.29, 0.717) is 0 Å². The van der Waals surface area contributed by atoms with E-state index in [4.69, 9.17) is 11.8 Å². The fraction of sp³-hybridized carbons (Fsp3) is 0. The Labute approximate surface area is 132 Å². The summed E-state index contributed by atoms with van der Waals surface area (Å²) in [5.41, 5.74) is 2.12. The normalized spacial score (nSPS) is 11.9. The molecule has 0 aliphatic heterocycles. The van der Waals surface area contributed by atoms with Crippen LogP contribution >= 0.6 is 11.8 Å². The number of hydrogen-bond acceptors (Lipinski definition) is 0. The quantitative estimate of drug-likeness (QED) is 0.325. The third-order valence-electron chi connectivity index (χ3n) is 4.44. The highest BCUT2D eigenvalue weighted by Gasteiger charge is 2.11. The maximum Gasteiger partial charge on any atom is 0.0667 e. The SMILES string of the molecule is Cln1c2cc3ccccc3cc2c2cc3ccccc3cc21. The monoisotopic (exact) mass is 301 g/mol. The van der Waals surface area contributed by atoms with Crippen LogP contribution in [0.5, 0.6) is 0 Å². The molecule has 0 aliphatic rings. The van der Waals surface area contributed by atoms with E-state index in [1.807, 2.05) is 0 Å². The van der Waals surface area contributed by atoms with Crippen LogP contribution in [0.3, 0.4) is 0 Å². The fourth-order valence-corrected chi connectivity index (χ4v) is 3.62. The number of rotatable bonds is 0. The lowest BCUT2D eigenvalue weighted by molar-refractivity contribution is 1.40. The van der Waals surface area contributed by atoms with Gasteiger partial charge in [0.1, 0.15) is 0 Å². The topological polar surface area (TPSA) is 4.93 Å². The van der Waals surface area contributed by atoms with Crippen LogP contribution in [0, 0.1) is 0 Å². The van der Waals surface area contributed by atoms with Gasteiger partial charge in [-0.3, -0.25) is 4.09 Å². The van der Waals surface area contributed by atoms with Gasteiger partial charge in [0.05, 0.1) is 11.0 Å². The zero-order chi connectivity index (χ0) is 14.7. The van der Waals surface area contributed by atoms with Crippen molar-refractivity contribution in [3.05, 3.63) is 72.8 Å². The summed E-state index contributed by atoms with van der Waals surface area (Å²) in [4.78, 5) is 0.